The van der Waals surface area contributed by atoms with Gasteiger partial charge in [-0.25, -0.2) is 0 Å². The topological polar surface area (TPSA) is 49.8 Å². The second-order valence-corrected chi connectivity index (χ2v) is 4.61. The fourth-order valence-electron chi connectivity index (χ4n) is 2.39. The number of ether oxygens (including phenoxy) is 1. The number of aliphatic hydroxyl groups is 1. The average molecular weight is 249 g/mol. The van der Waals surface area contributed by atoms with Crippen LogP contribution in [0, 0.1) is 5.92 Å². The molecule has 0 spiro atoms. The zero-order chi connectivity index (χ0) is 13.1. The maximum absolute atomic E-state index is 11.6. The molecular weight excluding hydrogens is 230 g/mol. The smallest absolute Gasteiger partial charge is 0.223 e. The van der Waals surface area contributed by atoms with E-state index in [0.29, 0.717) is 19.5 Å². The Morgan fingerprint density at radius 1 is 1.44 bits per heavy atom. The van der Waals surface area contributed by atoms with Gasteiger partial charge in [0.15, 0.2) is 0 Å². The lowest BCUT2D eigenvalue weighted by molar-refractivity contribution is -0.127. The first-order chi connectivity index (χ1) is 8.65. The van der Waals surface area contributed by atoms with Crippen molar-refractivity contribution in [3.8, 4) is 5.75 Å². The molecule has 0 aromatic heterocycles. The molecule has 4 nitrogen and oxygen atoms in total. The molecular formula is C14H19NO3. The number of rotatable bonds is 4. The summed E-state index contributed by atoms with van der Waals surface area (Å²) in [7, 11) is 1.61. The van der Waals surface area contributed by atoms with Crippen LogP contribution in [0.15, 0.2) is 24.3 Å². The van der Waals surface area contributed by atoms with Gasteiger partial charge >= 0.3 is 0 Å². The lowest BCUT2D eigenvalue weighted by Gasteiger charge is -2.19. The highest BCUT2D eigenvalue weighted by Gasteiger charge is 2.33. The van der Waals surface area contributed by atoms with Crippen molar-refractivity contribution >= 4 is 5.91 Å². The third kappa shape index (κ3) is 2.48. The van der Waals surface area contributed by atoms with E-state index in [1.165, 1.54) is 0 Å². The van der Waals surface area contributed by atoms with E-state index in [1.807, 2.05) is 31.2 Å². The Balaban J connectivity index is 2.07. The molecule has 0 saturated carbocycles. The van der Waals surface area contributed by atoms with Gasteiger partial charge in [-0.1, -0.05) is 12.1 Å². The molecule has 1 amide bonds. The number of likely N-dealkylation sites (tertiary alicyclic amines) is 1. The molecule has 98 valence electrons. The lowest BCUT2D eigenvalue weighted by Crippen LogP contribution is -2.25. The van der Waals surface area contributed by atoms with Crippen molar-refractivity contribution in [2.45, 2.75) is 19.4 Å². The van der Waals surface area contributed by atoms with Crippen LogP contribution >= 0.6 is 0 Å². The van der Waals surface area contributed by atoms with Gasteiger partial charge in [0.05, 0.1) is 13.2 Å². The van der Waals surface area contributed by atoms with Crippen molar-refractivity contribution in [1.29, 1.82) is 0 Å². The predicted octanol–water partition coefficient (Wildman–Crippen LogP) is 1.60. The fraction of sp³-hybridized carbons (Fsp3) is 0.500. The summed E-state index contributed by atoms with van der Waals surface area (Å²) in [6.07, 6.45) is -0.155. The molecule has 0 radical (unpaired) electrons. The zero-order valence-electron chi connectivity index (χ0n) is 10.8. The third-order valence-electron chi connectivity index (χ3n) is 3.53. The second-order valence-electron chi connectivity index (χ2n) is 4.61. The largest absolute Gasteiger partial charge is 0.497 e. The molecule has 1 aromatic rings. The van der Waals surface area contributed by atoms with Crippen LogP contribution in [0.2, 0.25) is 0 Å². The maximum Gasteiger partial charge on any atom is 0.223 e. The highest BCUT2D eigenvalue weighted by atomic mass is 16.5. The maximum atomic E-state index is 11.6. The summed E-state index contributed by atoms with van der Waals surface area (Å²) in [5.74, 6) is 0.893. The number of methoxy groups -OCH3 is 1. The molecule has 2 unspecified atom stereocenters. The summed E-state index contributed by atoms with van der Waals surface area (Å²) < 4.78 is 5.08. The van der Waals surface area contributed by atoms with E-state index in [1.54, 1.807) is 12.0 Å². The minimum absolute atomic E-state index is 0.00848. The Labute approximate surface area is 107 Å². The van der Waals surface area contributed by atoms with Crippen LogP contribution in [-0.2, 0) is 4.79 Å². The standard InChI is InChI=1S/C14H19NO3/c1-3-15-9-11(8-13(15)16)14(17)10-4-6-12(18-2)7-5-10/h4-7,11,14,17H,3,8-9H2,1-2H3. The number of aliphatic hydroxyl groups excluding tert-OH is 1. The molecule has 1 aliphatic heterocycles. The fourth-order valence-corrected chi connectivity index (χ4v) is 2.39. The molecule has 2 rings (SSSR count). The van der Waals surface area contributed by atoms with E-state index in [9.17, 15) is 9.90 Å². The molecule has 1 saturated heterocycles. The van der Waals surface area contributed by atoms with Gasteiger partial charge in [-0.05, 0) is 24.6 Å². The van der Waals surface area contributed by atoms with Crippen molar-refractivity contribution in [3.05, 3.63) is 29.8 Å². The molecule has 18 heavy (non-hydrogen) atoms. The van der Waals surface area contributed by atoms with Crippen molar-refractivity contribution in [1.82, 2.24) is 4.90 Å². The quantitative estimate of drug-likeness (QED) is 0.881. The minimum Gasteiger partial charge on any atom is -0.497 e. The van der Waals surface area contributed by atoms with Crippen LogP contribution in [-0.4, -0.2) is 36.1 Å². The number of amides is 1. The number of nitrogens with zero attached hydrogens (tertiary/aromatic N) is 1. The number of carbonyl (C=O) groups excluding carboxylic acids is 1. The minimum atomic E-state index is -0.587. The molecule has 1 aliphatic rings. The molecule has 1 fully saturated rings. The van der Waals surface area contributed by atoms with Crippen molar-refractivity contribution in [2.24, 2.45) is 5.92 Å². The van der Waals surface area contributed by atoms with Crippen molar-refractivity contribution < 1.29 is 14.6 Å². The van der Waals surface area contributed by atoms with Gasteiger partial charge in [0, 0.05) is 25.4 Å². The van der Waals surface area contributed by atoms with Gasteiger partial charge < -0.3 is 14.7 Å². The monoisotopic (exact) mass is 249 g/mol. The lowest BCUT2D eigenvalue weighted by atomic mass is 9.95. The predicted molar refractivity (Wildman–Crippen MR) is 68.3 cm³/mol. The Morgan fingerprint density at radius 2 is 2.11 bits per heavy atom. The third-order valence-corrected chi connectivity index (χ3v) is 3.53. The van der Waals surface area contributed by atoms with Crippen LogP contribution in [0.25, 0.3) is 0 Å². The van der Waals surface area contributed by atoms with Gasteiger partial charge in [0.1, 0.15) is 5.75 Å². The van der Waals surface area contributed by atoms with Crippen LogP contribution in [0.1, 0.15) is 25.0 Å². The number of hydrogen-bond acceptors (Lipinski definition) is 3. The Kier molecular flexibility index (Phi) is 3.87. The second kappa shape index (κ2) is 5.40. The van der Waals surface area contributed by atoms with E-state index >= 15 is 0 Å². The van der Waals surface area contributed by atoms with Crippen LogP contribution < -0.4 is 4.74 Å². The van der Waals surface area contributed by atoms with Gasteiger partial charge in [-0.2, -0.15) is 0 Å². The molecule has 4 heteroatoms. The number of carbonyl (C=O) groups is 1. The van der Waals surface area contributed by atoms with Crippen LogP contribution in [0.5, 0.6) is 5.75 Å². The first-order valence-electron chi connectivity index (χ1n) is 6.25. The summed E-state index contributed by atoms with van der Waals surface area (Å²) in [4.78, 5) is 13.4. The van der Waals surface area contributed by atoms with Crippen molar-refractivity contribution in [3.63, 3.8) is 0 Å². The van der Waals surface area contributed by atoms with E-state index in [4.69, 9.17) is 4.74 Å². The number of benzene rings is 1. The Bertz CT molecular complexity index is 416. The van der Waals surface area contributed by atoms with E-state index < -0.39 is 6.10 Å². The summed E-state index contributed by atoms with van der Waals surface area (Å²) in [6, 6.07) is 7.35. The van der Waals surface area contributed by atoms with E-state index in [-0.39, 0.29) is 11.8 Å². The summed E-state index contributed by atoms with van der Waals surface area (Å²) in [5.41, 5.74) is 0.839. The van der Waals surface area contributed by atoms with Gasteiger partial charge in [-0.3, -0.25) is 4.79 Å². The normalized spacial score (nSPS) is 21.2. The first kappa shape index (κ1) is 12.9. The van der Waals surface area contributed by atoms with Crippen molar-refractivity contribution in [2.75, 3.05) is 20.2 Å². The molecule has 1 heterocycles. The van der Waals surface area contributed by atoms with Gasteiger partial charge in [-0.15, -0.1) is 0 Å². The number of hydrogen-bond donors (Lipinski definition) is 1. The molecule has 1 aromatic carbocycles. The van der Waals surface area contributed by atoms with E-state index in [2.05, 4.69) is 0 Å². The first-order valence-corrected chi connectivity index (χ1v) is 6.25. The molecule has 1 N–H and O–H groups in total. The SMILES string of the molecule is CCN1CC(C(O)c2ccc(OC)cc2)CC1=O. The van der Waals surface area contributed by atoms with Gasteiger partial charge in [0.25, 0.3) is 0 Å². The van der Waals surface area contributed by atoms with Crippen LogP contribution in [0.4, 0.5) is 0 Å². The Hall–Kier alpha value is -1.55. The molecule has 0 bridgehead atoms. The highest BCUT2D eigenvalue weighted by Crippen LogP contribution is 2.31. The molecule has 0 aliphatic carbocycles. The average Bonchev–Trinajstić information content (AvgIpc) is 2.79. The summed E-state index contributed by atoms with van der Waals surface area (Å²) >= 11 is 0. The van der Waals surface area contributed by atoms with Gasteiger partial charge in [0.2, 0.25) is 5.91 Å². The summed E-state index contributed by atoms with van der Waals surface area (Å²) in [5, 5.41) is 10.3. The van der Waals surface area contributed by atoms with E-state index in [0.717, 1.165) is 11.3 Å². The zero-order valence-corrected chi connectivity index (χ0v) is 10.8. The molecule has 2 atom stereocenters. The highest BCUT2D eigenvalue weighted by molar-refractivity contribution is 5.78. The summed E-state index contributed by atoms with van der Waals surface area (Å²) in [6.45, 7) is 3.31. The Morgan fingerprint density at radius 3 is 2.61 bits per heavy atom. The van der Waals surface area contributed by atoms with Crippen LogP contribution in [0.3, 0.4) is 0 Å².